The summed E-state index contributed by atoms with van der Waals surface area (Å²) in [4.78, 5) is 0. The Kier molecular flexibility index (Phi) is 6.42. The summed E-state index contributed by atoms with van der Waals surface area (Å²) in [5, 5.41) is 3.73. The lowest BCUT2D eigenvalue weighted by atomic mass is 9.83. The van der Waals surface area contributed by atoms with Crippen molar-refractivity contribution in [2.45, 2.75) is 59.4 Å². The molecule has 0 aliphatic heterocycles. The zero-order chi connectivity index (χ0) is 13.5. The van der Waals surface area contributed by atoms with Gasteiger partial charge in [-0.15, -0.1) is 0 Å². The lowest BCUT2D eigenvalue weighted by Crippen LogP contribution is -2.39. The number of nitrogens with one attached hydrogen (secondary N) is 1. The Bertz CT molecular complexity index is 326. The van der Waals surface area contributed by atoms with Crippen LogP contribution in [0.5, 0.6) is 0 Å². The number of benzene rings is 1. The van der Waals surface area contributed by atoms with Gasteiger partial charge in [0, 0.05) is 6.04 Å². The van der Waals surface area contributed by atoms with Gasteiger partial charge >= 0.3 is 0 Å². The van der Waals surface area contributed by atoms with E-state index >= 15 is 0 Å². The van der Waals surface area contributed by atoms with Gasteiger partial charge in [-0.05, 0) is 43.7 Å². The monoisotopic (exact) mass is 247 g/mol. The van der Waals surface area contributed by atoms with E-state index in [1.165, 1.54) is 24.0 Å². The molecular weight excluding hydrogens is 218 g/mol. The van der Waals surface area contributed by atoms with Crippen molar-refractivity contribution in [1.82, 2.24) is 5.32 Å². The Balaban J connectivity index is 2.87. The Morgan fingerprint density at radius 3 is 2.11 bits per heavy atom. The van der Waals surface area contributed by atoms with E-state index in [0.29, 0.717) is 17.9 Å². The van der Waals surface area contributed by atoms with Crippen LogP contribution in [0.15, 0.2) is 24.3 Å². The minimum atomic E-state index is 0.581. The third-order valence-electron chi connectivity index (χ3n) is 3.73. The summed E-state index contributed by atoms with van der Waals surface area (Å²) >= 11 is 0. The van der Waals surface area contributed by atoms with Crippen molar-refractivity contribution in [1.29, 1.82) is 0 Å². The van der Waals surface area contributed by atoms with Crippen LogP contribution in [0.25, 0.3) is 0 Å². The first-order chi connectivity index (χ1) is 8.60. The van der Waals surface area contributed by atoms with Crippen LogP contribution in [-0.2, 0) is 0 Å². The van der Waals surface area contributed by atoms with Gasteiger partial charge in [-0.2, -0.15) is 0 Å². The van der Waals surface area contributed by atoms with E-state index < -0.39 is 0 Å². The fourth-order valence-electron chi connectivity index (χ4n) is 2.66. The molecule has 0 saturated heterocycles. The van der Waals surface area contributed by atoms with Crippen LogP contribution in [0.1, 0.15) is 57.6 Å². The van der Waals surface area contributed by atoms with Crippen molar-refractivity contribution in [3.05, 3.63) is 35.4 Å². The molecule has 0 radical (unpaired) electrons. The summed E-state index contributed by atoms with van der Waals surface area (Å²) in [6.45, 7) is 12.4. The lowest BCUT2D eigenvalue weighted by Gasteiger charge is -2.31. The van der Waals surface area contributed by atoms with E-state index in [9.17, 15) is 0 Å². The van der Waals surface area contributed by atoms with Gasteiger partial charge in [-0.25, -0.2) is 0 Å². The molecule has 0 aromatic heterocycles. The number of rotatable bonds is 7. The first kappa shape index (κ1) is 15.2. The standard InChI is InChI=1S/C17H29N/c1-6-12-18-17(13(3)4)16(7-2)15-10-8-14(5)9-11-15/h8-11,13,16-18H,6-7,12H2,1-5H3. The van der Waals surface area contributed by atoms with Crippen LogP contribution in [0.2, 0.25) is 0 Å². The second-order valence-corrected chi connectivity index (χ2v) is 5.65. The normalized spacial score (nSPS) is 14.8. The second-order valence-electron chi connectivity index (χ2n) is 5.65. The molecule has 102 valence electrons. The molecular formula is C17H29N. The highest BCUT2D eigenvalue weighted by atomic mass is 14.9. The summed E-state index contributed by atoms with van der Waals surface area (Å²) in [7, 11) is 0. The Hall–Kier alpha value is -0.820. The Labute approximate surface area is 113 Å². The molecule has 0 amide bonds. The van der Waals surface area contributed by atoms with Crippen LogP contribution < -0.4 is 5.32 Å². The quantitative estimate of drug-likeness (QED) is 0.747. The van der Waals surface area contributed by atoms with Crippen LogP contribution in [0.3, 0.4) is 0 Å². The topological polar surface area (TPSA) is 12.0 Å². The minimum absolute atomic E-state index is 0.581. The van der Waals surface area contributed by atoms with Crippen molar-refractivity contribution in [3.63, 3.8) is 0 Å². The fraction of sp³-hybridized carbons (Fsp3) is 0.647. The van der Waals surface area contributed by atoms with Crippen molar-refractivity contribution in [3.8, 4) is 0 Å². The molecule has 2 atom stereocenters. The molecule has 1 heteroatoms. The molecule has 0 aliphatic rings. The van der Waals surface area contributed by atoms with Gasteiger partial charge in [-0.1, -0.05) is 57.5 Å². The summed E-state index contributed by atoms with van der Waals surface area (Å²) < 4.78 is 0. The molecule has 0 heterocycles. The molecule has 0 fully saturated rings. The van der Waals surface area contributed by atoms with Gasteiger partial charge in [0.05, 0.1) is 0 Å². The maximum Gasteiger partial charge on any atom is 0.0159 e. The summed E-state index contributed by atoms with van der Waals surface area (Å²) in [6, 6.07) is 9.64. The smallest absolute Gasteiger partial charge is 0.0159 e. The SMILES string of the molecule is CCCNC(C(C)C)C(CC)c1ccc(C)cc1. The van der Waals surface area contributed by atoms with Gasteiger partial charge in [0.15, 0.2) is 0 Å². The summed E-state index contributed by atoms with van der Waals surface area (Å²) in [5.41, 5.74) is 2.82. The Morgan fingerprint density at radius 1 is 1.06 bits per heavy atom. The zero-order valence-corrected chi connectivity index (χ0v) is 12.7. The molecule has 18 heavy (non-hydrogen) atoms. The van der Waals surface area contributed by atoms with Gasteiger partial charge < -0.3 is 5.32 Å². The average Bonchev–Trinajstić information content (AvgIpc) is 2.35. The van der Waals surface area contributed by atoms with Crippen LogP contribution in [-0.4, -0.2) is 12.6 Å². The highest BCUT2D eigenvalue weighted by molar-refractivity contribution is 5.25. The minimum Gasteiger partial charge on any atom is -0.313 e. The first-order valence-electron chi connectivity index (χ1n) is 7.40. The van der Waals surface area contributed by atoms with Crippen LogP contribution in [0.4, 0.5) is 0 Å². The van der Waals surface area contributed by atoms with Crippen molar-refractivity contribution in [2.75, 3.05) is 6.54 Å². The number of aryl methyl sites for hydroxylation is 1. The van der Waals surface area contributed by atoms with E-state index in [1.807, 2.05) is 0 Å². The third kappa shape index (κ3) is 4.13. The van der Waals surface area contributed by atoms with Crippen LogP contribution >= 0.6 is 0 Å². The molecule has 0 bridgehead atoms. The average molecular weight is 247 g/mol. The Morgan fingerprint density at radius 2 is 1.67 bits per heavy atom. The summed E-state index contributed by atoms with van der Waals surface area (Å²) in [5.74, 6) is 1.29. The molecule has 1 rings (SSSR count). The van der Waals surface area contributed by atoms with E-state index in [2.05, 4.69) is 64.2 Å². The lowest BCUT2D eigenvalue weighted by molar-refractivity contribution is 0.335. The van der Waals surface area contributed by atoms with Gasteiger partial charge in [0.25, 0.3) is 0 Å². The maximum absolute atomic E-state index is 3.73. The molecule has 1 N–H and O–H groups in total. The van der Waals surface area contributed by atoms with Crippen molar-refractivity contribution >= 4 is 0 Å². The number of hydrogen-bond acceptors (Lipinski definition) is 1. The predicted molar refractivity (Wildman–Crippen MR) is 81.1 cm³/mol. The first-order valence-corrected chi connectivity index (χ1v) is 7.40. The third-order valence-corrected chi connectivity index (χ3v) is 3.73. The molecule has 1 nitrogen and oxygen atoms in total. The predicted octanol–water partition coefficient (Wildman–Crippen LogP) is 4.51. The van der Waals surface area contributed by atoms with Crippen molar-refractivity contribution in [2.24, 2.45) is 5.92 Å². The van der Waals surface area contributed by atoms with Crippen molar-refractivity contribution < 1.29 is 0 Å². The van der Waals surface area contributed by atoms with E-state index in [0.717, 1.165) is 6.54 Å². The molecule has 0 aliphatic carbocycles. The van der Waals surface area contributed by atoms with Crippen LogP contribution in [0, 0.1) is 12.8 Å². The highest BCUT2D eigenvalue weighted by Crippen LogP contribution is 2.27. The number of hydrogen-bond donors (Lipinski definition) is 1. The van der Waals surface area contributed by atoms with E-state index in [-0.39, 0.29) is 0 Å². The molecule has 1 aromatic rings. The molecule has 0 spiro atoms. The van der Waals surface area contributed by atoms with Gasteiger partial charge in [0.2, 0.25) is 0 Å². The highest BCUT2D eigenvalue weighted by Gasteiger charge is 2.23. The largest absolute Gasteiger partial charge is 0.313 e. The second kappa shape index (κ2) is 7.58. The summed E-state index contributed by atoms with van der Waals surface area (Å²) in [6.07, 6.45) is 2.40. The van der Waals surface area contributed by atoms with E-state index in [1.54, 1.807) is 0 Å². The zero-order valence-electron chi connectivity index (χ0n) is 12.7. The van der Waals surface area contributed by atoms with Gasteiger partial charge in [0.1, 0.15) is 0 Å². The van der Waals surface area contributed by atoms with E-state index in [4.69, 9.17) is 0 Å². The molecule has 0 saturated carbocycles. The van der Waals surface area contributed by atoms with Gasteiger partial charge in [-0.3, -0.25) is 0 Å². The maximum atomic E-state index is 3.73. The molecule has 2 unspecified atom stereocenters. The molecule has 1 aromatic carbocycles. The fourth-order valence-corrected chi connectivity index (χ4v) is 2.66.